The van der Waals surface area contributed by atoms with Crippen molar-refractivity contribution in [3.63, 3.8) is 0 Å². The molecule has 0 saturated carbocycles. The van der Waals surface area contributed by atoms with Gasteiger partial charge >= 0.3 is 0 Å². The number of aromatic nitrogens is 1. The van der Waals surface area contributed by atoms with E-state index >= 15 is 0 Å². The Morgan fingerprint density at radius 1 is 1.44 bits per heavy atom. The lowest BCUT2D eigenvalue weighted by atomic mass is 10.0. The van der Waals surface area contributed by atoms with Crippen LogP contribution in [-0.4, -0.2) is 23.5 Å². The van der Waals surface area contributed by atoms with E-state index in [1.165, 1.54) is 0 Å². The van der Waals surface area contributed by atoms with Gasteiger partial charge in [0.25, 0.3) is 0 Å². The van der Waals surface area contributed by atoms with Gasteiger partial charge in [0.05, 0.1) is 12.1 Å². The summed E-state index contributed by atoms with van der Waals surface area (Å²) in [6, 6.07) is 5.90. The Hall–Kier alpha value is -1.88. The van der Waals surface area contributed by atoms with Gasteiger partial charge in [-0.15, -0.1) is 0 Å². The van der Waals surface area contributed by atoms with Gasteiger partial charge in [0.15, 0.2) is 11.5 Å². The van der Waals surface area contributed by atoms with Crippen LogP contribution in [0.5, 0.6) is 0 Å². The molecule has 1 aromatic carbocycles. The van der Waals surface area contributed by atoms with Crippen molar-refractivity contribution in [2.75, 3.05) is 6.54 Å². The maximum absolute atomic E-state index is 11.4. The lowest BCUT2D eigenvalue weighted by Gasteiger charge is -2.29. The van der Waals surface area contributed by atoms with Crippen LogP contribution in [0.25, 0.3) is 11.1 Å². The summed E-state index contributed by atoms with van der Waals surface area (Å²) in [5.41, 5.74) is 2.76. The molecule has 1 unspecified atom stereocenters. The van der Waals surface area contributed by atoms with Crippen molar-refractivity contribution in [1.29, 1.82) is 0 Å². The Balaban J connectivity index is 1.92. The molecule has 1 amide bonds. The maximum Gasteiger partial charge on any atom is 0.236 e. The third kappa shape index (κ3) is 1.86. The zero-order chi connectivity index (χ0) is 12.7. The summed E-state index contributed by atoms with van der Waals surface area (Å²) in [7, 11) is 0. The molecule has 0 spiro atoms. The van der Waals surface area contributed by atoms with Crippen LogP contribution in [0.2, 0.25) is 0 Å². The van der Waals surface area contributed by atoms with Crippen LogP contribution < -0.4 is 10.6 Å². The Labute approximate surface area is 105 Å². The molecule has 2 atom stereocenters. The minimum absolute atomic E-state index is 0.0443. The Bertz CT molecular complexity index is 605. The van der Waals surface area contributed by atoms with Crippen LogP contribution in [0.3, 0.4) is 0 Å². The summed E-state index contributed by atoms with van der Waals surface area (Å²) in [5.74, 6) is 0.711. The van der Waals surface area contributed by atoms with Gasteiger partial charge in [-0.1, -0.05) is 6.07 Å². The molecule has 1 aliphatic rings. The largest absolute Gasteiger partial charge is 0.441 e. The molecule has 2 N–H and O–H groups in total. The summed E-state index contributed by atoms with van der Waals surface area (Å²) in [4.78, 5) is 15.7. The number of carbonyl (C=O) groups is 1. The highest BCUT2D eigenvalue weighted by molar-refractivity contribution is 5.82. The van der Waals surface area contributed by atoms with Crippen molar-refractivity contribution in [2.45, 2.75) is 25.9 Å². The second kappa shape index (κ2) is 4.10. The first-order valence-electron chi connectivity index (χ1n) is 6.04. The van der Waals surface area contributed by atoms with Gasteiger partial charge < -0.3 is 9.73 Å². The molecule has 1 aliphatic heterocycles. The summed E-state index contributed by atoms with van der Waals surface area (Å²) < 4.78 is 5.52. The number of aryl methyl sites for hydroxylation is 1. The van der Waals surface area contributed by atoms with Gasteiger partial charge in [0, 0.05) is 13.5 Å². The van der Waals surface area contributed by atoms with Crippen LogP contribution in [0.4, 0.5) is 0 Å². The first-order valence-corrected chi connectivity index (χ1v) is 6.04. The molecular weight excluding hydrogens is 230 g/mol. The van der Waals surface area contributed by atoms with Crippen LogP contribution in [0.1, 0.15) is 24.4 Å². The monoisotopic (exact) mass is 245 g/mol. The fourth-order valence-electron chi connectivity index (χ4n) is 2.28. The number of hydrogen-bond donors (Lipinski definition) is 2. The predicted octanol–water partition coefficient (Wildman–Crippen LogP) is 1.29. The molecule has 5 heteroatoms. The molecule has 3 rings (SSSR count). The highest BCUT2D eigenvalue weighted by atomic mass is 16.3. The van der Waals surface area contributed by atoms with Crippen LogP contribution in [0, 0.1) is 6.92 Å². The van der Waals surface area contributed by atoms with Crippen molar-refractivity contribution in [3.05, 3.63) is 29.7 Å². The number of nitrogens with zero attached hydrogens (tertiary/aromatic N) is 1. The minimum atomic E-state index is -0.170. The van der Waals surface area contributed by atoms with Crippen LogP contribution in [0.15, 0.2) is 22.6 Å². The number of fused-ring (bicyclic) bond motifs is 1. The molecule has 0 aliphatic carbocycles. The molecule has 18 heavy (non-hydrogen) atoms. The number of hydrogen-bond acceptors (Lipinski definition) is 4. The van der Waals surface area contributed by atoms with Crippen molar-refractivity contribution in [3.8, 4) is 0 Å². The molecule has 0 radical (unpaired) electrons. The number of amides is 1. The molecule has 2 aromatic rings. The lowest BCUT2D eigenvalue weighted by Crippen LogP contribution is -2.52. The standard InChI is InChI=1S/C13H15N3O2/c1-7-13(17)14-6-11(15-7)9-3-4-10-12(5-9)18-8(2)16-10/h3-5,7,11,15H,6H2,1-2H3,(H,14,17)/t7-,11?/m0/s1. The fourth-order valence-corrected chi connectivity index (χ4v) is 2.28. The van der Waals surface area contributed by atoms with Gasteiger partial charge in [0.1, 0.15) is 5.52 Å². The van der Waals surface area contributed by atoms with E-state index in [1.54, 1.807) is 0 Å². The first kappa shape index (κ1) is 11.2. The van der Waals surface area contributed by atoms with E-state index in [-0.39, 0.29) is 18.0 Å². The highest BCUT2D eigenvalue weighted by Gasteiger charge is 2.25. The molecule has 5 nitrogen and oxygen atoms in total. The zero-order valence-electron chi connectivity index (χ0n) is 10.4. The Morgan fingerprint density at radius 3 is 3.06 bits per heavy atom. The lowest BCUT2D eigenvalue weighted by molar-refractivity contribution is -0.124. The van der Waals surface area contributed by atoms with Gasteiger partial charge in [-0.05, 0) is 24.6 Å². The Morgan fingerprint density at radius 2 is 2.28 bits per heavy atom. The number of rotatable bonds is 1. The Kier molecular flexibility index (Phi) is 2.56. The maximum atomic E-state index is 11.4. The van der Waals surface area contributed by atoms with Crippen LogP contribution >= 0.6 is 0 Å². The normalized spacial score (nSPS) is 24.2. The summed E-state index contributed by atoms with van der Waals surface area (Å²) in [5, 5.41) is 6.17. The van der Waals surface area contributed by atoms with E-state index in [2.05, 4.69) is 15.6 Å². The van der Waals surface area contributed by atoms with Gasteiger partial charge in [-0.3, -0.25) is 10.1 Å². The van der Waals surface area contributed by atoms with E-state index in [0.29, 0.717) is 12.4 Å². The second-order valence-corrected chi connectivity index (χ2v) is 4.65. The smallest absolute Gasteiger partial charge is 0.236 e. The van der Waals surface area contributed by atoms with Gasteiger partial charge in [-0.2, -0.15) is 0 Å². The van der Waals surface area contributed by atoms with E-state index in [0.717, 1.165) is 16.7 Å². The fraction of sp³-hybridized carbons (Fsp3) is 0.385. The van der Waals surface area contributed by atoms with E-state index in [9.17, 15) is 4.79 Å². The predicted molar refractivity (Wildman–Crippen MR) is 67.1 cm³/mol. The number of benzene rings is 1. The molecule has 1 fully saturated rings. The van der Waals surface area contributed by atoms with E-state index < -0.39 is 0 Å². The number of oxazole rings is 1. The summed E-state index contributed by atoms with van der Waals surface area (Å²) in [6.45, 7) is 4.29. The average Bonchev–Trinajstić information content (AvgIpc) is 2.71. The third-order valence-corrected chi connectivity index (χ3v) is 3.25. The topological polar surface area (TPSA) is 67.2 Å². The minimum Gasteiger partial charge on any atom is -0.441 e. The van der Waals surface area contributed by atoms with Gasteiger partial charge in [-0.25, -0.2) is 4.98 Å². The first-order chi connectivity index (χ1) is 8.63. The second-order valence-electron chi connectivity index (χ2n) is 4.65. The van der Waals surface area contributed by atoms with Crippen LogP contribution in [-0.2, 0) is 4.79 Å². The number of piperazine rings is 1. The van der Waals surface area contributed by atoms with Crippen molar-refractivity contribution in [1.82, 2.24) is 15.6 Å². The third-order valence-electron chi connectivity index (χ3n) is 3.25. The van der Waals surface area contributed by atoms with Crippen molar-refractivity contribution in [2.24, 2.45) is 0 Å². The number of nitrogens with one attached hydrogen (secondary N) is 2. The van der Waals surface area contributed by atoms with Crippen molar-refractivity contribution < 1.29 is 9.21 Å². The van der Waals surface area contributed by atoms with E-state index in [4.69, 9.17) is 4.42 Å². The summed E-state index contributed by atoms with van der Waals surface area (Å²) in [6.07, 6.45) is 0. The molecule has 2 heterocycles. The average molecular weight is 245 g/mol. The molecular formula is C13H15N3O2. The SMILES string of the molecule is Cc1nc2ccc(C3CNC(=O)[C@H](C)N3)cc2o1. The molecule has 94 valence electrons. The molecule has 1 saturated heterocycles. The van der Waals surface area contributed by atoms with Crippen molar-refractivity contribution >= 4 is 17.0 Å². The number of carbonyl (C=O) groups excluding carboxylic acids is 1. The molecule has 0 bridgehead atoms. The summed E-state index contributed by atoms with van der Waals surface area (Å²) >= 11 is 0. The zero-order valence-corrected chi connectivity index (χ0v) is 10.4. The van der Waals surface area contributed by atoms with Gasteiger partial charge in [0.2, 0.25) is 5.91 Å². The van der Waals surface area contributed by atoms with E-state index in [1.807, 2.05) is 32.0 Å². The highest BCUT2D eigenvalue weighted by Crippen LogP contribution is 2.22. The molecule has 1 aromatic heterocycles. The quantitative estimate of drug-likeness (QED) is 0.794.